The lowest BCUT2D eigenvalue weighted by Crippen LogP contribution is -3.00. The number of carbonyl (C=O) groups excluding carboxylic acids is 2. The van der Waals surface area contributed by atoms with Crippen LogP contribution in [0.25, 0.3) is 22.5 Å². The Labute approximate surface area is 222 Å². The molecule has 2 aromatic carbocycles. The van der Waals surface area contributed by atoms with Crippen molar-refractivity contribution >= 4 is 22.9 Å². The predicted molar refractivity (Wildman–Crippen MR) is 131 cm³/mol. The van der Waals surface area contributed by atoms with Crippen LogP contribution < -0.4 is 34.8 Å². The molecule has 0 aliphatic carbocycles. The third-order valence-corrected chi connectivity index (χ3v) is 5.66. The third-order valence-electron chi connectivity index (χ3n) is 5.66. The van der Waals surface area contributed by atoms with E-state index in [2.05, 4.69) is 20.2 Å². The molecule has 0 spiro atoms. The summed E-state index contributed by atoms with van der Waals surface area (Å²) < 4.78 is 0. The Balaban J connectivity index is 0.00000228. The number of H-pyrrole nitrogens is 2. The summed E-state index contributed by atoms with van der Waals surface area (Å²) in [5.74, 6) is -0.116. The Morgan fingerprint density at radius 2 is 0.944 bits per heavy atom. The lowest BCUT2D eigenvalue weighted by molar-refractivity contribution is -0.374. The molecule has 4 rings (SSSR count). The fraction of sp³-hybridized carbons (Fsp3) is 0.143. The quantitative estimate of drug-likeness (QED) is 0.266. The molecular weight excluding hydrogens is 495 g/mol. The minimum absolute atomic E-state index is 0. The van der Waals surface area contributed by atoms with E-state index in [4.69, 9.17) is 0 Å². The van der Waals surface area contributed by atoms with Gasteiger partial charge in [0, 0.05) is 25.0 Å². The van der Waals surface area contributed by atoms with Gasteiger partial charge in [-0.1, -0.05) is 36.4 Å². The highest BCUT2D eigenvalue weighted by Gasteiger charge is 2.22. The number of rotatable bonds is 6. The first kappa shape index (κ1) is 28.5. The number of aryl methyl sites for hydroxylation is 2. The molecule has 0 unspecified atom stereocenters. The van der Waals surface area contributed by atoms with Crippen molar-refractivity contribution in [3.63, 3.8) is 0 Å². The summed E-state index contributed by atoms with van der Waals surface area (Å²) in [6, 6.07) is 23.1. The van der Waals surface area contributed by atoms with Gasteiger partial charge in [0.15, 0.2) is 34.3 Å². The summed E-state index contributed by atoms with van der Waals surface area (Å²) >= 11 is 0. The van der Waals surface area contributed by atoms with Crippen LogP contribution in [-0.4, -0.2) is 11.6 Å². The highest BCUT2D eigenvalue weighted by molar-refractivity contribution is 5.97. The van der Waals surface area contributed by atoms with Crippen molar-refractivity contribution in [2.45, 2.75) is 27.7 Å². The number of benzene rings is 2. The van der Waals surface area contributed by atoms with E-state index in [1.54, 1.807) is 12.1 Å². The summed E-state index contributed by atoms with van der Waals surface area (Å²) in [7, 11) is 0. The number of carbonyl (C=O) groups is 2. The number of azo groups is 1. The molecule has 2 heterocycles. The molecule has 4 aromatic rings. The van der Waals surface area contributed by atoms with E-state index in [0.29, 0.717) is 22.5 Å². The molecule has 8 heteroatoms. The number of halogens is 2. The number of nitrogens with zero attached hydrogens (tertiary/aromatic N) is 2. The average molecular weight is 521 g/mol. The molecular formula is C28H26Cl2N4O2. The molecule has 2 aromatic heterocycles. The van der Waals surface area contributed by atoms with Gasteiger partial charge in [-0.2, -0.15) is 0 Å². The fourth-order valence-corrected chi connectivity index (χ4v) is 3.92. The van der Waals surface area contributed by atoms with Gasteiger partial charge in [0.25, 0.3) is 0 Å². The fourth-order valence-electron chi connectivity index (χ4n) is 3.92. The Bertz CT molecular complexity index is 1310. The van der Waals surface area contributed by atoms with Crippen molar-refractivity contribution < 1.29 is 44.4 Å². The summed E-state index contributed by atoms with van der Waals surface area (Å²) in [6.45, 7) is 6.79. The van der Waals surface area contributed by atoms with Gasteiger partial charge < -0.3 is 24.8 Å². The molecule has 0 saturated heterocycles. The zero-order valence-electron chi connectivity index (χ0n) is 20.4. The van der Waals surface area contributed by atoms with E-state index < -0.39 is 0 Å². The van der Waals surface area contributed by atoms with Gasteiger partial charge in [0.05, 0.1) is 11.1 Å². The van der Waals surface area contributed by atoms with Crippen LogP contribution in [0.5, 0.6) is 0 Å². The van der Waals surface area contributed by atoms with Crippen LogP contribution in [0.1, 0.15) is 46.0 Å². The summed E-state index contributed by atoms with van der Waals surface area (Å²) in [5, 5.41) is 9.13. The molecule has 6 nitrogen and oxygen atoms in total. The van der Waals surface area contributed by atoms with Gasteiger partial charge in [-0.3, -0.25) is 9.59 Å². The highest BCUT2D eigenvalue weighted by atomic mass is 35.5. The summed E-state index contributed by atoms with van der Waals surface area (Å²) in [4.78, 5) is 31.1. The first-order chi connectivity index (χ1) is 16.3. The number of hydrogen-bond acceptors (Lipinski definition) is 4. The molecule has 0 aliphatic heterocycles. The summed E-state index contributed by atoms with van der Waals surface area (Å²) in [5.41, 5.74) is 7.07. The van der Waals surface area contributed by atoms with Gasteiger partial charge in [-0.05, 0) is 50.2 Å². The van der Waals surface area contributed by atoms with Gasteiger partial charge in [-0.15, -0.1) is 10.2 Å². The average Bonchev–Trinajstić information content (AvgIpc) is 2.84. The smallest absolute Gasteiger partial charge is 0.238 e. The number of Topliss-reactive ketones (excluding diaryl/α,β-unsaturated/α-hetero) is 2. The van der Waals surface area contributed by atoms with Crippen LogP contribution in [0.15, 0.2) is 83.0 Å². The SMILES string of the molecule is CC(=O)c1cc(N=Nc2cc(C(C)=O)c(C)[nH+]c2-c2ccccc2)c(-c2ccccc2)[nH+]c1C.[Cl-].[Cl-]. The molecule has 0 radical (unpaired) electrons. The van der Waals surface area contributed by atoms with Crippen molar-refractivity contribution in [2.24, 2.45) is 10.2 Å². The predicted octanol–water partition coefficient (Wildman–Crippen LogP) is 0.0942. The Hall–Kier alpha value is -3.74. The van der Waals surface area contributed by atoms with Crippen LogP contribution in [0, 0.1) is 13.8 Å². The molecule has 0 aliphatic rings. The number of pyridine rings is 2. The molecule has 0 amide bonds. The zero-order valence-corrected chi connectivity index (χ0v) is 21.9. The molecule has 36 heavy (non-hydrogen) atoms. The largest absolute Gasteiger partial charge is 1.00 e. The maximum absolute atomic E-state index is 12.2. The Morgan fingerprint density at radius 1 is 0.611 bits per heavy atom. The first-order valence-corrected chi connectivity index (χ1v) is 11.0. The topological polar surface area (TPSA) is 87.1 Å². The molecule has 0 saturated carbocycles. The van der Waals surface area contributed by atoms with Gasteiger partial charge >= 0.3 is 0 Å². The van der Waals surface area contributed by atoms with Crippen molar-refractivity contribution in [1.29, 1.82) is 0 Å². The molecule has 0 bridgehead atoms. The lowest BCUT2D eigenvalue weighted by atomic mass is 10.0. The number of hydrogen-bond donors (Lipinski definition) is 0. The Kier molecular flexibility index (Phi) is 9.73. The van der Waals surface area contributed by atoms with E-state index in [0.717, 1.165) is 33.9 Å². The highest BCUT2D eigenvalue weighted by Crippen LogP contribution is 2.33. The second-order valence-electron chi connectivity index (χ2n) is 8.18. The zero-order chi connectivity index (χ0) is 24.2. The molecule has 184 valence electrons. The standard InChI is InChI=1S/C28H24N4O2.2ClH/c1-17-23(19(3)33)15-25(27(29-17)21-11-7-5-8-12-21)31-32-26-16-24(20(4)34)18(2)30-28(26)22-13-9-6-10-14-22;;/h5-16H,1-4H3;2*1H. The van der Waals surface area contributed by atoms with E-state index in [-0.39, 0.29) is 36.4 Å². The summed E-state index contributed by atoms with van der Waals surface area (Å²) in [6.07, 6.45) is 0. The maximum atomic E-state index is 12.2. The van der Waals surface area contributed by atoms with Crippen LogP contribution in [0.3, 0.4) is 0 Å². The van der Waals surface area contributed by atoms with E-state index in [9.17, 15) is 9.59 Å². The van der Waals surface area contributed by atoms with Crippen molar-refractivity contribution in [2.75, 3.05) is 0 Å². The second-order valence-corrected chi connectivity index (χ2v) is 8.18. The second kappa shape index (κ2) is 12.3. The first-order valence-electron chi connectivity index (χ1n) is 11.0. The Morgan fingerprint density at radius 3 is 1.25 bits per heavy atom. The molecule has 0 atom stereocenters. The van der Waals surface area contributed by atoms with Gasteiger partial charge in [-0.25, -0.2) is 9.97 Å². The van der Waals surface area contributed by atoms with Crippen molar-refractivity contribution in [3.8, 4) is 22.5 Å². The van der Waals surface area contributed by atoms with Crippen molar-refractivity contribution in [3.05, 3.63) is 95.3 Å². The number of aromatic nitrogens is 2. The normalized spacial score (nSPS) is 10.4. The van der Waals surface area contributed by atoms with Crippen LogP contribution in [0.2, 0.25) is 0 Å². The van der Waals surface area contributed by atoms with Gasteiger partial charge in [0.1, 0.15) is 0 Å². The van der Waals surface area contributed by atoms with Crippen molar-refractivity contribution in [1.82, 2.24) is 0 Å². The number of nitrogens with one attached hydrogen (secondary N) is 2. The monoisotopic (exact) mass is 520 g/mol. The minimum atomic E-state index is -0.0580. The van der Waals surface area contributed by atoms with E-state index in [1.807, 2.05) is 74.5 Å². The third kappa shape index (κ3) is 6.08. The van der Waals surface area contributed by atoms with Crippen LogP contribution in [-0.2, 0) is 0 Å². The van der Waals surface area contributed by atoms with E-state index in [1.165, 1.54) is 13.8 Å². The molecule has 0 fully saturated rings. The van der Waals surface area contributed by atoms with E-state index >= 15 is 0 Å². The minimum Gasteiger partial charge on any atom is -1.00 e. The molecule has 2 N–H and O–H groups in total. The van der Waals surface area contributed by atoms with Gasteiger partial charge in [0.2, 0.25) is 11.4 Å². The van der Waals surface area contributed by atoms with Crippen LogP contribution >= 0.6 is 0 Å². The lowest BCUT2D eigenvalue weighted by Gasteiger charge is -2.05. The van der Waals surface area contributed by atoms with Crippen LogP contribution in [0.4, 0.5) is 11.4 Å². The number of aromatic amines is 2. The number of ketones is 2. The maximum Gasteiger partial charge on any atom is 0.238 e.